The van der Waals surface area contributed by atoms with Gasteiger partial charge in [0.1, 0.15) is 0 Å². The van der Waals surface area contributed by atoms with Crippen LogP contribution in [0.2, 0.25) is 0 Å². The van der Waals surface area contributed by atoms with Gasteiger partial charge in [-0.15, -0.1) is 11.3 Å². The quantitative estimate of drug-likeness (QED) is 0.835. The van der Waals surface area contributed by atoms with Crippen molar-refractivity contribution in [2.45, 2.75) is 26.3 Å². The molecule has 0 aliphatic rings. The van der Waals surface area contributed by atoms with Crippen molar-refractivity contribution >= 4 is 27.3 Å². The minimum absolute atomic E-state index is 0.303. The smallest absolute Gasteiger partial charge is 0.0671 e. The van der Waals surface area contributed by atoms with Gasteiger partial charge in [0.15, 0.2) is 0 Å². The predicted molar refractivity (Wildman–Crippen MR) is 83.4 cm³/mol. The molecule has 1 atom stereocenters. The molecule has 0 saturated carbocycles. The van der Waals surface area contributed by atoms with Crippen LogP contribution < -0.4 is 5.32 Å². The maximum atomic E-state index is 3.56. The SMILES string of the molecule is CCNC(c1ccc(CC)cc1)c1cc(Br)cs1. The molecule has 1 aromatic carbocycles. The van der Waals surface area contributed by atoms with Gasteiger partial charge in [0.2, 0.25) is 0 Å². The Bertz CT molecular complexity index is 489. The lowest BCUT2D eigenvalue weighted by Crippen LogP contribution is -2.21. The number of hydrogen-bond donors (Lipinski definition) is 1. The molecule has 1 heterocycles. The van der Waals surface area contributed by atoms with Crippen LogP contribution in [0.15, 0.2) is 40.2 Å². The Hall–Kier alpha value is -0.640. The molecule has 3 heteroatoms. The molecule has 0 aliphatic carbocycles. The van der Waals surface area contributed by atoms with Crippen LogP contribution in [-0.4, -0.2) is 6.54 Å². The molecule has 0 fully saturated rings. The molecule has 0 bridgehead atoms. The Kier molecular flexibility index (Phi) is 4.98. The second-order valence-corrected chi connectivity index (χ2v) is 6.11. The number of aryl methyl sites for hydroxylation is 1. The first-order valence-electron chi connectivity index (χ1n) is 6.30. The summed E-state index contributed by atoms with van der Waals surface area (Å²) < 4.78 is 1.16. The van der Waals surface area contributed by atoms with E-state index in [0.717, 1.165) is 17.4 Å². The Balaban J connectivity index is 2.28. The van der Waals surface area contributed by atoms with Crippen LogP contribution >= 0.6 is 27.3 Å². The fourth-order valence-electron chi connectivity index (χ4n) is 2.01. The zero-order chi connectivity index (χ0) is 13.0. The maximum Gasteiger partial charge on any atom is 0.0671 e. The first kappa shape index (κ1) is 13.8. The van der Waals surface area contributed by atoms with Crippen LogP contribution in [0.5, 0.6) is 0 Å². The van der Waals surface area contributed by atoms with Crippen LogP contribution in [0, 0.1) is 0 Å². The number of benzene rings is 1. The van der Waals surface area contributed by atoms with Gasteiger partial charge in [-0.05, 0) is 46.1 Å². The van der Waals surface area contributed by atoms with Gasteiger partial charge >= 0.3 is 0 Å². The summed E-state index contributed by atoms with van der Waals surface area (Å²) in [5.74, 6) is 0. The van der Waals surface area contributed by atoms with Crippen LogP contribution in [-0.2, 0) is 6.42 Å². The van der Waals surface area contributed by atoms with E-state index in [2.05, 4.69) is 70.8 Å². The van der Waals surface area contributed by atoms with E-state index in [9.17, 15) is 0 Å². The fraction of sp³-hybridized carbons (Fsp3) is 0.333. The second-order valence-electron chi connectivity index (χ2n) is 4.25. The highest BCUT2D eigenvalue weighted by Gasteiger charge is 2.14. The van der Waals surface area contributed by atoms with Gasteiger partial charge in [0.05, 0.1) is 6.04 Å². The summed E-state index contributed by atoms with van der Waals surface area (Å²) in [4.78, 5) is 1.35. The van der Waals surface area contributed by atoms with E-state index < -0.39 is 0 Å². The topological polar surface area (TPSA) is 12.0 Å². The third-order valence-corrected chi connectivity index (χ3v) is 4.76. The zero-order valence-corrected chi connectivity index (χ0v) is 13.1. The van der Waals surface area contributed by atoms with Gasteiger partial charge in [-0.2, -0.15) is 0 Å². The van der Waals surface area contributed by atoms with E-state index in [1.165, 1.54) is 16.0 Å². The van der Waals surface area contributed by atoms with Crippen LogP contribution in [0.25, 0.3) is 0 Å². The van der Waals surface area contributed by atoms with Crippen LogP contribution in [0.1, 0.15) is 35.9 Å². The van der Waals surface area contributed by atoms with E-state index in [0.29, 0.717) is 6.04 Å². The maximum absolute atomic E-state index is 3.56. The van der Waals surface area contributed by atoms with Crippen molar-refractivity contribution in [1.82, 2.24) is 5.32 Å². The molecule has 0 saturated heterocycles. The predicted octanol–water partition coefficient (Wildman–Crippen LogP) is 4.77. The molecule has 0 radical (unpaired) electrons. The van der Waals surface area contributed by atoms with Gasteiger partial charge in [-0.25, -0.2) is 0 Å². The number of hydrogen-bond acceptors (Lipinski definition) is 2. The van der Waals surface area contributed by atoms with Crippen LogP contribution in [0.4, 0.5) is 0 Å². The molecular weight excluding hydrogens is 306 g/mol. The summed E-state index contributed by atoms with van der Waals surface area (Å²) in [6.45, 7) is 5.30. The molecule has 18 heavy (non-hydrogen) atoms. The molecule has 0 aliphatic heterocycles. The normalized spacial score (nSPS) is 12.6. The lowest BCUT2D eigenvalue weighted by atomic mass is 10.0. The fourth-order valence-corrected chi connectivity index (χ4v) is 3.56. The van der Waals surface area contributed by atoms with Crippen molar-refractivity contribution in [2.75, 3.05) is 6.54 Å². The van der Waals surface area contributed by atoms with E-state index in [4.69, 9.17) is 0 Å². The van der Waals surface area contributed by atoms with Gasteiger partial charge in [0.25, 0.3) is 0 Å². The second kappa shape index (κ2) is 6.50. The molecular formula is C15H18BrNS. The van der Waals surface area contributed by atoms with E-state index in [-0.39, 0.29) is 0 Å². The Morgan fingerprint density at radius 1 is 1.22 bits per heavy atom. The van der Waals surface area contributed by atoms with Crippen molar-refractivity contribution in [3.8, 4) is 0 Å². The summed E-state index contributed by atoms with van der Waals surface area (Å²) in [7, 11) is 0. The lowest BCUT2D eigenvalue weighted by Gasteiger charge is -2.17. The molecule has 2 rings (SSSR count). The molecule has 1 aromatic heterocycles. The van der Waals surface area contributed by atoms with Crippen molar-refractivity contribution in [3.63, 3.8) is 0 Å². The highest BCUT2D eigenvalue weighted by molar-refractivity contribution is 9.10. The third-order valence-electron chi connectivity index (χ3n) is 3.00. The Labute approximate surface area is 121 Å². The molecule has 0 amide bonds. The van der Waals surface area contributed by atoms with Gasteiger partial charge in [-0.3, -0.25) is 0 Å². The van der Waals surface area contributed by atoms with Crippen molar-refractivity contribution < 1.29 is 0 Å². The first-order chi connectivity index (χ1) is 8.74. The summed E-state index contributed by atoms with van der Waals surface area (Å²) >= 11 is 5.32. The average molecular weight is 324 g/mol. The highest BCUT2D eigenvalue weighted by Crippen LogP contribution is 2.30. The number of thiophene rings is 1. The molecule has 1 unspecified atom stereocenters. The third kappa shape index (κ3) is 3.22. The molecule has 0 spiro atoms. The van der Waals surface area contributed by atoms with E-state index in [1.54, 1.807) is 11.3 Å². The van der Waals surface area contributed by atoms with Crippen molar-refractivity contribution in [3.05, 3.63) is 56.2 Å². The summed E-state index contributed by atoms with van der Waals surface area (Å²) in [5, 5.41) is 5.69. The monoisotopic (exact) mass is 323 g/mol. The minimum atomic E-state index is 0.303. The van der Waals surface area contributed by atoms with Gasteiger partial charge in [-0.1, -0.05) is 38.1 Å². The number of nitrogens with one attached hydrogen (secondary N) is 1. The molecule has 1 nitrogen and oxygen atoms in total. The van der Waals surface area contributed by atoms with Gasteiger partial charge < -0.3 is 5.32 Å². The first-order valence-corrected chi connectivity index (χ1v) is 7.98. The van der Waals surface area contributed by atoms with E-state index in [1.807, 2.05) is 0 Å². The highest BCUT2D eigenvalue weighted by atomic mass is 79.9. The number of halogens is 1. The lowest BCUT2D eigenvalue weighted by molar-refractivity contribution is 0.639. The van der Waals surface area contributed by atoms with Crippen molar-refractivity contribution in [2.24, 2.45) is 0 Å². The van der Waals surface area contributed by atoms with E-state index >= 15 is 0 Å². The van der Waals surface area contributed by atoms with Gasteiger partial charge in [0, 0.05) is 14.7 Å². The largest absolute Gasteiger partial charge is 0.306 e. The summed E-state index contributed by atoms with van der Waals surface area (Å²) in [6.07, 6.45) is 1.09. The Morgan fingerprint density at radius 3 is 2.44 bits per heavy atom. The average Bonchev–Trinajstić information content (AvgIpc) is 2.82. The number of rotatable bonds is 5. The zero-order valence-electron chi connectivity index (χ0n) is 10.7. The summed E-state index contributed by atoms with van der Waals surface area (Å²) in [5.41, 5.74) is 2.73. The molecule has 2 aromatic rings. The standard InChI is InChI=1S/C15H18BrNS/c1-3-11-5-7-12(8-6-11)15(17-4-2)14-9-13(16)10-18-14/h5-10,15,17H,3-4H2,1-2H3. The summed E-state index contributed by atoms with van der Waals surface area (Å²) in [6, 6.07) is 11.4. The molecule has 96 valence electrons. The Morgan fingerprint density at radius 2 is 1.94 bits per heavy atom. The van der Waals surface area contributed by atoms with Crippen molar-refractivity contribution in [1.29, 1.82) is 0 Å². The van der Waals surface area contributed by atoms with Crippen LogP contribution in [0.3, 0.4) is 0 Å². The minimum Gasteiger partial charge on any atom is -0.306 e. The molecule has 1 N–H and O–H groups in total.